The van der Waals surface area contributed by atoms with Crippen LogP contribution in [0.4, 0.5) is 11.4 Å². The number of aliphatic hydroxyl groups is 1. The molecular formula is C51H64N6O8. The van der Waals surface area contributed by atoms with Gasteiger partial charge in [0.15, 0.2) is 0 Å². The Bertz CT molecular complexity index is 2520. The SMILES string of the molecule is C/C=C(\C)[C@H]1[C@@H](/C=C/C=C(\C)[C@@H](OCc2cc(N=[N+]=[N-])cc(C(=O)N3CCN(C(=O)c4cc5ccc(N(CC)CC)cc5oc4=O)CC3)c2)[C@@H](C)CO)[C@@H]2C[C@@H]3O[C@]3(C)C[C@H]2[C@@H]2O[C@@]21C. The van der Waals surface area contributed by atoms with Crippen LogP contribution >= 0.6 is 0 Å². The molecule has 1 N–H and O–H groups in total. The summed E-state index contributed by atoms with van der Waals surface area (Å²) >= 11 is 0. The number of carbonyl (C=O) groups is 2. The summed E-state index contributed by atoms with van der Waals surface area (Å²) in [6.07, 6.45) is 11.0. The summed E-state index contributed by atoms with van der Waals surface area (Å²) in [5, 5.41) is 14.8. The van der Waals surface area contributed by atoms with Crippen LogP contribution in [0, 0.1) is 29.6 Å². The predicted molar refractivity (Wildman–Crippen MR) is 250 cm³/mol. The number of epoxide rings is 2. The number of anilines is 1. The van der Waals surface area contributed by atoms with Gasteiger partial charge in [-0.1, -0.05) is 41.9 Å². The average molecular weight is 889 g/mol. The minimum absolute atomic E-state index is 0.0175. The van der Waals surface area contributed by atoms with Gasteiger partial charge in [-0.25, -0.2) is 4.79 Å². The van der Waals surface area contributed by atoms with Crippen LogP contribution in [0.2, 0.25) is 0 Å². The molecule has 2 saturated carbocycles. The Morgan fingerprint density at radius 3 is 2.43 bits per heavy atom. The van der Waals surface area contributed by atoms with Gasteiger partial charge in [0.2, 0.25) is 0 Å². The van der Waals surface area contributed by atoms with Gasteiger partial charge >= 0.3 is 5.63 Å². The van der Waals surface area contributed by atoms with Gasteiger partial charge in [0.25, 0.3) is 11.8 Å². The first-order valence-corrected chi connectivity index (χ1v) is 23.3. The highest BCUT2D eigenvalue weighted by Crippen LogP contribution is 2.67. The fourth-order valence-electron chi connectivity index (χ4n) is 11.4. The summed E-state index contributed by atoms with van der Waals surface area (Å²) in [5.41, 5.74) is 13.3. The summed E-state index contributed by atoms with van der Waals surface area (Å²) in [6, 6.07) is 12.2. The van der Waals surface area contributed by atoms with E-state index in [0.717, 1.165) is 37.2 Å². The van der Waals surface area contributed by atoms with Gasteiger partial charge in [0.05, 0.1) is 36.1 Å². The molecule has 3 aliphatic heterocycles. The first kappa shape index (κ1) is 46.3. The third-order valence-electron chi connectivity index (χ3n) is 15.1. The third-order valence-corrected chi connectivity index (χ3v) is 15.1. The lowest BCUT2D eigenvalue weighted by Crippen LogP contribution is -2.51. The molecule has 5 fully saturated rings. The Kier molecular flexibility index (Phi) is 13.2. The number of hydrogen-bond acceptors (Lipinski definition) is 10. The predicted octanol–water partition coefficient (Wildman–Crippen LogP) is 8.75. The first-order chi connectivity index (χ1) is 31.2. The van der Waals surface area contributed by atoms with Crippen LogP contribution < -0.4 is 10.5 Å². The molecule has 0 spiro atoms. The number of aliphatic hydroxyl groups excluding tert-OH is 1. The molecule has 0 radical (unpaired) electrons. The molecule has 3 aromatic rings. The van der Waals surface area contributed by atoms with Crippen LogP contribution in [-0.4, -0.2) is 102 Å². The molecule has 5 aliphatic rings. The van der Waals surface area contributed by atoms with E-state index in [1.807, 2.05) is 32.0 Å². The largest absolute Gasteiger partial charge is 0.422 e. The van der Waals surface area contributed by atoms with E-state index in [-0.39, 0.29) is 91.6 Å². The van der Waals surface area contributed by atoms with Gasteiger partial charge in [-0.2, -0.15) is 0 Å². The van der Waals surface area contributed by atoms with Crippen molar-refractivity contribution in [2.45, 2.75) is 104 Å². The molecule has 3 saturated heterocycles. The third kappa shape index (κ3) is 9.03. The fraction of sp³-hybridized carbons (Fsp3) is 0.549. The van der Waals surface area contributed by atoms with Gasteiger partial charge in [-0.15, -0.1) is 0 Å². The van der Waals surface area contributed by atoms with Crippen molar-refractivity contribution < 1.29 is 33.3 Å². The number of rotatable bonds is 15. The van der Waals surface area contributed by atoms with Gasteiger partial charge in [-0.05, 0) is 132 Å². The summed E-state index contributed by atoms with van der Waals surface area (Å²) in [7, 11) is 0. The minimum Gasteiger partial charge on any atom is -0.422 e. The maximum atomic E-state index is 14.0. The van der Waals surface area contributed by atoms with E-state index in [1.165, 1.54) is 5.57 Å². The molecule has 65 heavy (non-hydrogen) atoms. The standard InChI is InChI=1S/C51H64N6O8/c1-9-30(4)44-38(39-26-43-50(7,64-43)27-41(39)46-51(44,8)65-46)14-12-13-31(5)45(32(6)28-58)62-29-33-21-35(23-36(22-33)53-54-52)47(59)56-17-19-57(20-18-56)48(60)40-24-34-15-16-37(55(10-2)11-3)25-42(34)63-49(40)61/h9,12-16,21-25,32,38-39,41,43-46,58H,10-11,17-20,26-29H2,1-8H3/b14-12+,30-9+,31-13+/t32-,38-,39-,41+,43-,44-,45+,46-,50+,51+/m0/s1. The molecule has 14 nitrogen and oxygen atoms in total. The van der Waals surface area contributed by atoms with E-state index < -0.39 is 17.6 Å². The highest BCUT2D eigenvalue weighted by molar-refractivity contribution is 5.98. The molecule has 0 unspecified atom stereocenters. The van der Waals surface area contributed by atoms with Crippen molar-refractivity contribution in [1.29, 1.82) is 0 Å². The van der Waals surface area contributed by atoms with Crippen molar-refractivity contribution >= 4 is 34.2 Å². The maximum Gasteiger partial charge on any atom is 0.349 e. The number of allylic oxidation sites excluding steroid dienone is 4. The normalized spacial score (nSPS) is 29.4. The monoisotopic (exact) mass is 888 g/mol. The second-order valence-corrected chi connectivity index (χ2v) is 19.2. The fourth-order valence-corrected chi connectivity index (χ4v) is 11.4. The minimum atomic E-state index is -0.701. The number of carbonyl (C=O) groups excluding carboxylic acids is 2. The zero-order valence-corrected chi connectivity index (χ0v) is 39.0. The van der Waals surface area contributed by atoms with Crippen molar-refractivity contribution in [1.82, 2.24) is 9.80 Å². The van der Waals surface area contributed by atoms with Gasteiger partial charge in [0.1, 0.15) is 11.1 Å². The van der Waals surface area contributed by atoms with Crippen LogP contribution in [0.1, 0.15) is 94.5 Å². The molecule has 1 aromatic heterocycles. The van der Waals surface area contributed by atoms with Crippen LogP contribution in [0.5, 0.6) is 0 Å². The number of piperazine rings is 1. The molecule has 14 heteroatoms. The van der Waals surface area contributed by atoms with Crippen LogP contribution in [0.15, 0.2) is 92.2 Å². The lowest BCUT2D eigenvalue weighted by Gasteiger charge is -2.45. The Labute approximate surface area is 381 Å². The molecule has 10 atom stereocenters. The lowest BCUT2D eigenvalue weighted by atomic mass is 9.55. The summed E-state index contributed by atoms with van der Waals surface area (Å²) in [6.45, 7) is 19.4. The summed E-state index contributed by atoms with van der Waals surface area (Å²) in [4.78, 5) is 49.0. The second-order valence-electron chi connectivity index (χ2n) is 19.2. The molecule has 2 aromatic carbocycles. The Morgan fingerprint density at radius 1 is 1.03 bits per heavy atom. The smallest absolute Gasteiger partial charge is 0.349 e. The Hall–Kier alpha value is -5.24. The number of ether oxygens (including phenoxy) is 3. The summed E-state index contributed by atoms with van der Waals surface area (Å²) < 4.78 is 24.9. The Balaban J connectivity index is 0.936. The van der Waals surface area contributed by atoms with E-state index in [2.05, 4.69) is 80.8 Å². The number of amides is 2. The number of hydrogen-bond donors (Lipinski definition) is 1. The summed E-state index contributed by atoms with van der Waals surface area (Å²) in [5.74, 6) is 0.513. The maximum absolute atomic E-state index is 14.0. The van der Waals surface area contributed by atoms with E-state index >= 15 is 0 Å². The van der Waals surface area contributed by atoms with Gasteiger partial charge in [-0.3, -0.25) is 9.59 Å². The van der Waals surface area contributed by atoms with E-state index in [0.29, 0.717) is 40.0 Å². The molecule has 4 heterocycles. The molecule has 2 amide bonds. The molecule has 2 aliphatic carbocycles. The lowest BCUT2D eigenvalue weighted by molar-refractivity contribution is 0.0124. The van der Waals surface area contributed by atoms with Crippen molar-refractivity contribution in [3.05, 3.63) is 115 Å². The highest BCUT2D eigenvalue weighted by atomic mass is 16.6. The van der Waals surface area contributed by atoms with E-state index in [4.69, 9.17) is 18.6 Å². The van der Waals surface area contributed by atoms with Crippen LogP contribution in [0.3, 0.4) is 0 Å². The van der Waals surface area contributed by atoms with Crippen LogP contribution in [-0.2, 0) is 20.8 Å². The average Bonchev–Trinajstić information content (AvgIpc) is 4.20. The zero-order valence-electron chi connectivity index (χ0n) is 39.0. The number of benzene rings is 2. The second kappa shape index (κ2) is 18.6. The zero-order chi connectivity index (χ0) is 46.4. The van der Waals surface area contributed by atoms with Crippen molar-refractivity contribution in [2.75, 3.05) is 50.8 Å². The van der Waals surface area contributed by atoms with Gasteiger partial charge in [0, 0.05) is 91.0 Å². The molecule has 8 rings (SSSR count). The first-order valence-electron chi connectivity index (χ1n) is 23.3. The molecule has 346 valence electrons. The number of nitrogens with zero attached hydrogens (tertiary/aromatic N) is 6. The van der Waals surface area contributed by atoms with Crippen molar-refractivity contribution in [3.8, 4) is 0 Å². The van der Waals surface area contributed by atoms with Crippen molar-refractivity contribution in [2.24, 2.45) is 34.7 Å². The van der Waals surface area contributed by atoms with E-state index in [1.54, 1.807) is 34.1 Å². The molecule has 0 bridgehead atoms. The topological polar surface area (TPSA) is 177 Å². The quantitative estimate of drug-likeness (QED) is 0.0297. The van der Waals surface area contributed by atoms with Crippen LogP contribution in [0.25, 0.3) is 21.4 Å². The Morgan fingerprint density at radius 2 is 1.75 bits per heavy atom. The molecular weight excluding hydrogens is 825 g/mol. The number of fused-ring (bicyclic) bond motifs is 5. The van der Waals surface area contributed by atoms with E-state index in [9.17, 15) is 25.0 Å². The van der Waals surface area contributed by atoms with Gasteiger partial charge < -0.3 is 38.4 Å². The number of azide groups is 1. The van der Waals surface area contributed by atoms with Crippen molar-refractivity contribution in [3.63, 3.8) is 0 Å². The highest BCUT2D eigenvalue weighted by Gasteiger charge is 2.73.